The Kier molecular flexibility index (Phi) is 11.1. The molecule has 0 aliphatic rings. The number of benzene rings is 1. The van der Waals surface area contributed by atoms with Crippen LogP contribution in [0.1, 0.15) is 32.3 Å². The summed E-state index contributed by atoms with van der Waals surface area (Å²) < 4.78 is 5.35. The summed E-state index contributed by atoms with van der Waals surface area (Å²) in [5, 5.41) is 6.69. The average molecular weight is 363 g/mol. The zero-order chi connectivity index (χ0) is 19.2. The van der Waals surface area contributed by atoms with Gasteiger partial charge in [0, 0.05) is 39.9 Å². The second-order valence-electron chi connectivity index (χ2n) is 6.50. The molecule has 0 aliphatic carbocycles. The zero-order valence-corrected chi connectivity index (χ0v) is 16.6. The third-order valence-corrected chi connectivity index (χ3v) is 3.93. The van der Waals surface area contributed by atoms with Crippen molar-refractivity contribution in [3.05, 3.63) is 35.9 Å². The maximum Gasteiger partial charge on any atom is 0.243 e. The Balaban J connectivity index is 2.50. The lowest BCUT2D eigenvalue weighted by molar-refractivity contribution is -0.127. The van der Waals surface area contributed by atoms with E-state index in [1.807, 2.05) is 13.0 Å². The van der Waals surface area contributed by atoms with Crippen molar-refractivity contribution in [3.63, 3.8) is 0 Å². The summed E-state index contributed by atoms with van der Waals surface area (Å²) in [6, 6.07) is 10.7. The SMILES string of the molecule is CCOCCCNC(=NCC(=O)N(C)C)NC(C)CCc1ccccc1. The number of ether oxygens (including phenoxy) is 1. The monoisotopic (exact) mass is 362 g/mol. The third kappa shape index (κ3) is 10.0. The molecule has 0 aromatic heterocycles. The first-order valence-electron chi connectivity index (χ1n) is 9.39. The first kappa shape index (κ1) is 22.0. The molecule has 0 saturated carbocycles. The van der Waals surface area contributed by atoms with Crippen LogP contribution in [-0.2, 0) is 16.0 Å². The molecule has 146 valence electrons. The van der Waals surface area contributed by atoms with Gasteiger partial charge in [-0.3, -0.25) is 4.79 Å². The van der Waals surface area contributed by atoms with E-state index in [-0.39, 0.29) is 18.5 Å². The fourth-order valence-electron chi connectivity index (χ4n) is 2.30. The van der Waals surface area contributed by atoms with Crippen molar-refractivity contribution >= 4 is 11.9 Å². The summed E-state index contributed by atoms with van der Waals surface area (Å²) in [4.78, 5) is 17.8. The normalized spacial score (nSPS) is 12.5. The van der Waals surface area contributed by atoms with E-state index in [0.717, 1.165) is 39.0 Å². The molecule has 0 spiro atoms. The fraction of sp³-hybridized carbons (Fsp3) is 0.600. The van der Waals surface area contributed by atoms with Crippen molar-refractivity contribution < 1.29 is 9.53 Å². The summed E-state index contributed by atoms with van der Waals surface area (Å²) in [5.74, 6) is 0.662. The number of carbonyl (C=O) groups excluding carboxylic acids is 1. The van der Waals surface area contributed by atoms with Crippen LogP contribution in [0.2, 0.25) is 0 Å². The molecule has 6 nitrogen and oxygen atoms in total. The van der Waals surface area contributed by atoms with Crippen LogP contribution >= 0.6 is 0 Å². The largest absolute Gasteiger partial charge is 0.382 e. The highest BCUT2D eigenvalue weighted by molar-refractivity contribution is 5.84. The molecule has 0 bridgehead atoms. The number of hydrogen-bond acceptors (Lipinski definition) is 3. The Bertz CT molecular complexity index is 532. The van der Waals surface area contributed by atoms with Crippen LogP contribution in [0, 0.1) is 0 Å². The van der Waals surface area contributed by atoms with E-state index < -0.39 is 0 Å². The number of aliphatic imine (C=N–C) groups is 1. The van der Waals surface area contributed by atoms with E-state index in [1.165, 1.54) is 5.56 Å². The van der Waals surface area contributed by atoms with Gasteiger partial charge in [-0.2, -0.15) is 0 Å². The van der Waals surface area contributed by atoms with Crippen LogP contribution in [0.4, 0.5) is 0 Å². The van der Waals surface area contributed by atoms with Crippen molar-refractivity contribution in [1.82, 2.24) is 15.5 Å². The highest BCUT2D eigenvalue weighted by Crippen LogP contribution is 2.04. The van der Waals surface area contributed by atoms with Gasteiger partial charge in [-0.25, -0.2) is 4.99 Å². The molecule has 6 heteroatoms. The summed E-state index contributed by atoms with van der Waals surface area (Å²) in [6.07, 6.45) is 2.89. The number of nitrogens with one attached hydrogen (secondary N) is 2. The number of likely N-dealkylation sites (N-methyl/N-ethyl adjacent to an activating group) is 1. The van der Waals surface area contributed by atoms with E-state index >= 15 is 0 Å². The maximum absolute atomic E-state index is 11.8. The molecule has 2 N–H and O–H groups in total. The Morgan fingerprint density at radius 2 is 2.00 bits per heavy atom. The standard InChI is InChI=1S/C20H34N4O2/c1-5-26-15-9-14-21-20(22-16-19(25)24(3)4)23-17(2)12-13-18-10-7-6-8-11-18/h6-8,10-11,17H,5,9,12-16H2,1-4H3,(H2,21,22,23). The summed E-state index contributed by atoms with van der Waals surface area (Å²) in [7, 11) is 3.48. The highest BCUT2D eigenvalue weighted by atomic mass is 16.5. The average Bonchev–Trinajstić information content (AvgIpc) is 2.64. The van der Waals surface area contributed by atoms with Gasteiger partial charge in [-0.1, -0.05) is 30.3 Å². The van der Waals surface area contributed by atoms with Crippen molar-refractivity contribution in [2.45, 2.75) is 39.2 Å². The molecule has 1 amide bonds. The Morgan fingerprint density at radius 3 is 2.65 bits per heavy atom. The van der Waals surface area contributed by atoms with E-state index in [4.69, 9.17) is 4.74 Å². The van der Waals surface area contributed by atoms with Gasteiger partial charge in [-0.05, 0) is 38.7 Å². The Morgan fingerprint density at radius 1 is 1.27 bits per heavy atom. The van der Waals surface area contributed by atoms with E-state index in [1.54, 1.807) is 19.0 Å². The van der Waals surface area contributed by atoms with Crippen molar-refractivity contribution in [1.29, 1.82) is 0 Å². The summed E-state index contributed by atoms with van der Waals surface area (Å²) in [5.41, 5.74) is 1.33. The summed E-state index contributed by atoms with van der Waals surface area (Å²) in [6.45, 7) is 6.47. The second-order valence-corrected chi connectivity index (χ2v) is 6.50. The van der Waals surface area contributed by atoms with Crippen LogP contribution in [0.25, 0.3) is 0 Å². The molecule has 0 aliphatic heterocycles. The van der Waals surface area contributed by atoms with Gasteiger partial charge in [0.1, 0.15) is 6.54 Å². The number of hydrogen-bond donors (Lipinski definition) is 2. The molecule has 0 fully saturated rings. The lowest BCUT2D eigenvalue weighted by Gasteiger charge is -2.19. The minimum atomic E-state index is -0.0163. The molecule has 1 atom stereocenters. The molecular weight excluding hydrogens is 328 g/mol. The number of amides is 1. The maximum atomic E-state index is 11.8. The van der Waals surface area contributed by atoms with Crippen LogP contribution in [0.3, 0.4) is 0 Å². The van der Waals surface area contributed by atoms with Gasteiger partial charge >= 0.3 is 0 Å². The first-order chi connectivity index (χ1) is 12.5. The van der Waals surface area contributed by atoms with Gasteiger partial charge in [0.15, 0.2) is 5.96 Å². The predicted molar refractivity (Wildman–Crippen MR) is 107 cm³/mol. The fourth-order valence-corrected chi connectivity index (χ4v) is 2.30. The van der Waals surface area contributed by atoms with E-state index in [2.05, 4.69) is 46.8 Å². The van der Waals surface area contributed by atoms with Crippen LogP contribution in [-0.4, -0.2) is 63.2 Å². The van der Waals surface area contributed by atoms with Crippen LogP contribution in [0.15, 0.2) is 35.3 Å². The molecular formula is C20H34N4O2. The third-order valence-electron chi connectivity index (χ3n) is 3.93. The van der Waals surface area contributed by atoms with Gasteiger partial charge in [0.2, 0.25) is 5.91 Å². The molecule has 0 radical (unpaired) electrons. The molecule has 26 heavy (non-hydrogen) atoms. The Hall–Kier alpha value is -2.08. The van der Waals surface area contributed by atoms with Crippen LogP contribution in [0.5, 0.6) is 0 Å². The highest BCUT2D eigenvalue weighted by Gasteiger charge is 2.08. The van der Waals surface area contributed by atoms with Crippen molar-refractivity contribution in [2.24, 2.45) is 4.99 Å². The van der Waals surface area contributed by atoms with Gasteiger partial charge in [-0.15, -0.1) is 0 Å². The van der Waals surface area contributed by atoms with Gasteiger partial charge < -0.3 is 20.3 Å². The first-order valence-corrected chi connectivity index (χ1v) is 9.39. The number of rotatable bonds is 11. The van der Waals surface area contributed by atoms with Crippen molar-refractivity contribution in [3.8, 4) is 0 Å². The quantitative estimate of drug-likeness (QED) is 0.359. The molecule has 1 unspecified atom stereocenters. The van der Waals surface area contributed by atoms with Crippen molar-refractivity contribution in [2.75, 3.05) is 40.4 Å². The lowest BCUT2D eigenvalue weighted by Crippen LogP contribution is -2.43. The second kappa shape index (κ2) is 13.2. The van der Waals surface area contributed by atoms with Gasteiger partial charge in [0.05, 0.1) is 0 Å². The number of carbonyl (C=O) groups is 1. The van der Waals surface area contributed by atoms with Crippen LogP contribution < -0.4 is 10.6 Å². The predicted octanol–water partition coefficient (Wildman–Crippen LogP) is 2.06. The lowest BCUT2D eigenvalue weighted by atomic mass is 10.1. The molecule has 0 heterocycles. The summed E-state index contributed by atoms with van der Waals surface area (Å²) >= 11 is 0. The topological polar surface area (TPSA) is 66.0 Å². The smallest absolute Gasteiger partial charge is 0.243 e. The van der Waals surface area contributed by atoms with E-state index in [9.17, 15) is 4.79 Å². The number of nitrogens with zero attached hydrogens (tertiary/aromatic N) is 2. The zero-order valence-electron chi connectivity index (χ0n) is 16.6. The molecule has 1 aromatic rings. The van der Waals surface area contributed by atoms with E-state index in [0.29, 0.717) is 5.96 Å². The molecule has 0 saturated heterocycles. The molecule has 1 rings (SSSR count). The number of aryl methyl sites for hydroxylation is 1. The molecule has 1 aromatic carbocycles. The minimum Gasteiger partial charge on any atom is -0.382 e. The minimum absolute atomic E-state index is 0.0163. The Labute approximate surface area is 158 Å². The number of guanidine groups is 1. The van der Waals surface area contributed by atoms with Gasteiger partial charge in [0.25, 0.3) is 0 Å².